The number of aromatic nitrogens is 1. The van der Waals surface area contributed by atoms with Crippen molar-refractivity contribution in [3.05, 3.63) is 51.5 Å². The van der Waals surface area contributed by atoms with Gasteiger partial charge in [0, 0.05) is 23.9 Å². The topological polar surface area (TPSA) is 49.3 Å². The number of aliphatic imine (C=N–C) groups is 1. The molecule has 0 unspecified atom stereocenters. The molecule has 4 nitrogen and oxygen atoms in total. The van der Waals surface area contributed by atoms with Gasteiger partial charge in [0.2, 0.25) is 0 Å². The Bertz CT molecular complexity index is 721. The molecule has 0 radical (unpaired) electrons. The maximum Gasteiger partial charge on any atom is 0.191 e. The molecule has 1 saturated carbocycles. The zero-order chi connectivity index (χ0) is 17.7. The SMILES string of the molecule is CN=C(NCc1sc(C)nc1C)NCC1(c2ccccc2)CCCC1.I. The Hall–Kier alpha value is -1.15. The maximum absolute atomic E-state index is 4.49. The summed E-state index contributed by atoms with van der Waals surface area (Å²) in [5.41, 5.74) is 2.79. The number of halogens is 1. The maximum atomic E-state index is 4.49. The van der Waals surface area contributed by atoms with E-state index in [1.165, 1.54) is 36.1 Å². The highest BCUT2D eigenvalue weighted by atomic mass is 127. The van der Waals surface area contributed by atoms with Gasteiger partial charge in [-0.1, -0.05) is 43.2 Å². The van der Waals surface area contributed by atoms with Crippen LogP contribution in [0.1, 0.15) is 46.8 Å². The molecule has 6 heteroatoms. The summed E-state index contributed by atoms with van der Waals surface area (Å²) < 4.78 is 0. The quantitative estimate of drug-likeness (QED) is 0.372. The second kappa shape index (κ2) is 9.69. The molecule has 0 amide bonds. The second-order valence-electron chi connectivity index (χ2n) is 6.87. The third-order valence-electron chi connectivity index (χ3n) is 5.18. The number of nitrogens with one attached hydrogen (secondary N) is 2. The fourth-order valence-corrected chi connectivity index (χ4v) is 4.66. The molecule has 1 heterocycles. The fraction of sp³-hybridized carbons (Fsp3) is 0.500. The molecule has 142 valence electrons. The van der Waals surface area contributed by atoms with Gasteiger partial charge in [-0.05, 0) is 32.3 Å². The van der Waals surface area contributed by atoms with Gasteiger partial charge in [-0.15, -0.1) is 35.3 Å². The number of hydrogen-bond donors (Lipinski definition) is 2. The minimum atomic E-state index is 0. The number of hydrogen-bond acceptors (Lipinski definition) is 3. The molecule has 1 aromatic heterocycles. The van der Waals surface area contributed by atoms with Crippen molar-refractivity contribution in [3.63, 3.8) is 0 Å². The average Bonchev–Trinajstić information content (AvgIpc) is 3.23. The standard InChI is InChI=1S/C20H28N4S.HI/c1-15-18(25-16(2)24-15)13-22-19(21-3)23-14-20(11-7-8-12-20)17-9-5-4-6-10-17;/h4-6,9-10H,7-8,11-14H2,1-3H3,(H2,21,22,23);1H. The molecule has 2 N–H and O–H groups in total. The zero-order valence-corrected chi connectivity index (χ0v) is 19.0. The van der Waals surface area contributed by atoms with Crippen molar-refractivity contribution >= 4 is 41.3 Å². The molecular weight excluding hydrogens is 455 g/mol. The van der Waals surface area contributed by atoms with Crippen LogP contribution in [0.25, 0.3) is 0 Å². The number of guanidine groups is 1. The molecule has 1 aliphatic carbocycles. The third-order valence-corrected chi connectivity index (χ3v) is 6.25. The number of thiazole rings is 1. The van der Waals surface area contributed by atoms with E-state index in [-0.39, 0.29) is 29.4 Å². The summed E-state index contributed by atoms with van der Waals surface area (Å²) in [6.45, 7) is 5.82. The Morgan fingerprint density at radius 2 is 1.85 bits per heavy atom. The van der Waals surface area contributed by atoms with E-state index in [2.05, 4.69) is 64.8 Å². The van der Waals surface area contributed by atoms with Crippen LogP contribution in [0.15, 0.2) is 35.3 Å². The first-order valence-corrected chi connectivity index (χ1v) is 9.87. The molecule has 0 saturated heterocycles. The lowest BCUT2D eigenvalue weighted by Gasteiger charge is -2.30. The lowest BCUT2D eigenvalue weighted by Crippen LogP contribution is -2.44. The molecule has 26 heavy (non-hydrogen) atoms. The number of nitrogens with zero attached hydrogens (tertiary/aromatic N) is 2. The van der Waals surface area contributed by atoms with Gasteiger partial charge in [0.1, 0.15) is 0 Å². The van der Waals surface area contributed by atoms with E-state index in [1.807, 2.05) is 7.05 Å². The van der Waals surface area contributed by atoms with Gasteiger partial charge >= 0.3 is 0 Å². The van der Waals surface area contributed by atoms with E-state index >= 15 is 0 Å². The van der Waals surface area contributed by atoms with Gasteiger partial charge in [-0.2, -0.15) is 0 Å². The molecule has 1 fully saturated rings. The first-order chi connectivity index (χ1) is 12.1. The Kier molecular flexibility index (Phi) is 7.88. The van der Waals surface area contributed by atoms with E-state index < -0.39 is 0 Å². The molecular formula is C20H29IN4S. The first kappa shape index (κ1) is 21.2. The van der Waals surface area contributed by atoms with Crippen LogP contribution in [0.4, 0.5) is 0 Å². The average molecular weight is 484 g/mol. The summed E-state index contributed by atoms with van der Waals surface area (Å²) in [7, 11) is 1.84. The number of aryl methyl sites for hydroxylation is 2. The highest BCUT2D eigenvalue weighted by Gasteiger charge is 2.35. The highest BCUT2D eigenvalue weighted by Crippen LogP contribution is 2.40. The van der Waals surface area contributed by atoms with Gasteiger partial charge in [0.25, 0.3) is 0 Å². The zero-order valence-electron chi connectivity index (χ0n) is 15.8. The third kappa shape index (κ3) is 4.97. The van der Waals surface area contributed by atoms with Crippen molar-refractivity contribution in [1.29, 1.82) is 0 Å². The monoisotopic (exact) mass is 484 g/mol. The van der Waals surface area contributed by atoms with Gasteiger partial charge < -0.3 is 10.6 Å². The Labute approximate surface area is 177 Å². The summed E-state index contributed by atoms with van der Waals surface area (Å²) >= 11 is 1.75. The van der Waals surface area contributed by atoms with Crippen molar-refractivity contribution < 1.29 is 0 Å². The van der Waals surface area contributed by atoms with E-state index in [4.69, 9.17) is 0 Å². The summed E-state index contributed by atoms with van der Waals surface area (Å²) in [4.78, 5) is 10.2. The van der Waals surface area contributed by atoms with Crippen LogP contribution in [0.5, 0.6) is 0 Å². The number of rotatable bonds is 5. The van der Waals surface area contributed by atoms with Gasteiger partial charge in [-0.25, -0.2) is 4.98 Å². The van der Waals surface area contributed by atoms with Crippen LogP contribution in [-0.2, 0) is 12.0 Å². The predicted molar refractivity (Wildman–Crippen MR) is 122 cm³/mol. The predicted octanol–water partition coefficient (Wildman–Crippen LogP) is 4.55. The number of benzene rings is 1. The van der Waals surface area contributed by atoms with Crippen molar-refractivity contribution in [2.45, 2.75) is 51.5 Å². The molecule has 1 aromatic carbocycles. The summed E-state index contributed by atoms with van der Waals surface area (Å²) in [6.07, 6.45) is 5.10. The minimum Gasteiger partial charge on any atom is -0.356 e. The molecule has 0 aliphatic heterocycles. The lowest BCUT2D eigenvalue weighted by atomic mass is 9.79. The van der Waals surface area contributed by atoms with E-state index in [9.17, 15) is 0 Å². The largest absolute Gasteiger partial charge is 0.356 e. The van der Waals surface area contributed by atoms with Crippen molar-refractivity contribution in [3.8, 4) is 0 Å². The van der Waals surface area contributed by atoms with Gasteiger partial charge in [0.15, 0.2) is 5.96 Å². The summed E-state index contributed by atoms with van der Waals surface area (Å²) in [5.74, 6) is 0.868. The van der Waals surface area contributed by atoms with Crippen LogP contribution in [0.3, 0.4) is 0 Å². The molecule has 0 atom stereocenters. The normalized spacial score (nSPS) is 16.2. The molecule has 0 bridgehead atoms. The van der Waals surface area contributed by atoms with Gasteiger partial charge in [0.05, 0.1) is 17.2 Å². The molecule has 0 spiro atoms. The second-order valence-corrected chi connectivity index (χ2v) is 8.16. The summed E-state index contributed by atoms with van der Waals surface area (Å²) in [6, 6.07) is 10.9. The molecule has 2 aromatic rings. The Balaban J connectivity index is 0.00000243. The Morgan fingerprint density at radius 3 is 2.42 bits per heavy atom. The minimum absolute atomic E-state index is 0. The van der Waals surface area contributed by atoms with E-state index in [0.717, 1.165) is 29.8 Å². The smallest absolute Gasteiger partial charge is 0.191 e. The first-order valence-electron chi connectivity index (χ1n) is 9.06. The van der Waals surface area contributed by atoms with Crippen LogP contribution >= 0.6 is 35.3 Å². The van der Waals surface area contributed by atoms with Gasteiger partial charge in [-0.3, -0.25) is 4.99 Å². The van der Waals surface area contributed by atoms with E-state index in [1.54, 1.807) is 11.3 Å². The van der Waals surface area contributed by atoms with Crippen LogP contribution in [0.2, 0.25) is 0 Å². The van der Waals surface area contributed by atoms with Crippen LogP contribution < -0.4 is 10.6 Å². The van der Waals surface area contributed by atoms with E-state index in [0.29, 0.717) is 0 Å². The molecule has 1 aliphatic rings. The Morgan fingerprint density at radius 1 is 1.15 bits per heavy atom. The molecule has 3 rings (SSSR count). The van der Waals surface area contributed by atoms with Crippen molar-refractivity contribution in [2.75, 3.05) is 13.6 Å². The highest BCUT2D eigenvalue weighted by molar-refractivity contribution is 14.0. The lowest BCUT2D eigenvalue weighted by molar-refractivity contribution is 0.432. The van der Waals surface area contributed by atoms with Crippen molar-refractivity contribution in [1.82, 2.24) is 15.6 Å². The van der Waals surface area contributed by atoms with Crippen LogP contribution in [0, 0.1) is 13.8 Å². The van der Waals surface area contributed by atoms with Crippen LogP contribution in [-0.4, -0.2) is 24.5 Å². The van der Waals surface area contributed by atoms with Crippen molar-refractivity contribution in [2.24, 2.45) is 4.99 Å². The summed E-state index contributed by atoms with van der Waals surface area (Å²) in [5, 5.41) is 8.13. The fourth-order valence-electron chi connectivity index (χ4n) is 3.79.